The molecule has 26 heavy (non-hydrogen) atoms. The third-order valence-electron chi connectivity index (χ3n) is 4.79. The van der Waals surface area contributed by atoms with Crippen LogP contribution in [0.2, 0.25) is 0 Å². The molecule has 0 atom stereocenters. The van der Waals surface area contributed by atoms with Crippen LogP contribution >= 0.6 is 0 Å². The Morgan fingerprint density at radius 2 is 1.62 bits per heavy atom. The number of nitrogens with one attached hydrogen (secondary N) is 1. The predicted molar refractivity (Wildman–Crippen MR) is 99.0 cm³/mol. The van der Waals surface area contributed by atoms with Crippen LogP contribution in [0.25, 0.3) is 0 Å². The molecule has 0 unspecified atom stereocenters. The molecule has 1 saturated heterocycles. The number of rotatable bonds is 6. The topological polar surface area (TPSA) is 65.6 Å². The van der Waals surface area contributed by atoms with Gasteiger partial charge in [0.2, 0.25) is 11.8 Å². The fraction of sp³-hybridized carbons (Fsp3) is 0.400. The number of aromatic amines is 1. The quantitative estimate of drug-likeness (QED) is 0.860. The zero-order valence-corrected chi connectivity index (χ0v) is 15.1. The van der Waals surface area contributed by atoms with Gasteiger partial charge in [0.25, 0.3) is 0 Å². The van der Waals surface area contributed by atoms with E-state index in [4.69, 9.17) is 4.74 Å². The third-order valence-corrected chi connectivity index (χ3v) is 4.79. The van der Waals surface area contributed by atoms with Gasteiger partial charge in [-0.05, 0) is 35.7 Å². The first kappa shape index (κ1) is 18.0. The summed E-state index contributed by atoms with van der Waals surface area (Å²) >= 11 is 0. The molecule has 0 radical (unpaired) electrons. The summed E-state index contributed by atoms with van der Waals surface area (Å²) in [6, 6.07) is 9.72. The number of benzene rings is 1. The van der Waals surface area contributed by atoms with Crippen LogP contribution in [0.15, 0.2) is 42.7 Å². The fourth-order valence-corrected chi connectivity index (χ4v) is 3.16. The van der Waals surface area contributed by atoms with Gasteiger partial charge in [-0.2, -0.15) is 0 Å². The van der Waals surface area contributed by atoms with E-state index >= 15 is 0 Å². The van der Waals surface area contributed by atoms with Crippen LogP contribution < -0.4 is 4.74 Å². The molecule has 1 aromatic heterocycles. The number of piperazine rings is 1. The highest BCUT2D eigenvalue weighted by Gasteiger charge is 2.23. The van der Waals surface area contributed by atoms with E-state index in [2.05, 4.69) is 4.98 Å². The number of hydrogen-bond acceptors (Lipinski definition) is 3. The van der Waals surface area contributed by atoms with E-state index in [1.54, 1.807) is 7.11 Å². The number of nitrogens with zero attached hydrogens (tertiary/aromatic N) is 2. The molecule has 6 nitrogen and oxygen atoms in total. The molecule has 0 spiro atoms. The van der Waals surface area contributed by atoms with Crippen LogP contribution in [0.5, 0.6) is 5.75 Å². The first-order valence-electron chi connectivity index (χ1n) is 8.96. The van der Waals surface area contributed by atoms with Crippen LogP contribution in [-0.4, -0.2) is 59.9 Å². The zero-order chi connectivity index (χ0) is 18.4. The lowest BCUT2D eigenvalue weighted by Gasteiger charge is -2.35. The van der Waals surface area contributed by atoms with E-state index in [-0.39, 0.29) is 11.8 Å². The van der Waals surface area contributed by atoms with Gasteiger partial charge >= 0.3 is 0 Å². The number of hydrogen-bond donors (Lipinski definition) is 1. The van der Waals surface area contributed by atoms with Crippen molar-refractivity contribution >= 4 is 11.8 Å². The van der Waals surface area contributed by atoms with E-state index < -0.39 is 0 Å². The summed E-state index contributed by atoms with van der Waals surface area (Å²) in [7, 11) is 1.64. The summed E-state index contributed by atoms with van der Waals surface area (Å²) in [5.41, 5.74) is 2.12. The SMILES string of the molecule is COc1ccc(CCC(=O)N2CCN(C(=O)Cc3cc[nH]c3)CC2)cc1. The Hall–Kier alpha value is -2.76. The molecule has 138 valence electrons. The summed E-state index contributed by atoms with van der Waals surface area (Å²) in [5.74, 6) is 1.09. The maximum atomic E-state index is 12.4. The number of carbonyl (C=O) groups excluding carboxylic acids is 2. The minimum absolute atomic E-state index is 0.120. The molecule has 1 aliphatic heterocycles. The Bertz CT molecular complexity index is 717. The van der Waals surface area contributed by atoms with Gasteiger partial charge in [-0.25, -0.2) is 0 Å². The maximum Gasteiger partial charge on any atom is 0.227 e. The van der Waals surface area contributed by atoms with Crippen molar-refractivity contribution in [1.29, 1.82) is 0 Å². The zero-order valence-electron chi connectivity index (χ0n) is 15.1. The van der Waals surface area contributed by atoms with Gasteiger partial charge in [0.15, 0.2) is 0 Å². The van der Waals surface area contributed by atoms with Crippen LogP contribution in [0.4, 0.5) is 0 Å². The highest BCUT2D eigenvalue weighted by Crippen LogP contribution is 2.14. The Balaban J connectivity index is 1.42. The van der Waals surface area contributed by atoms with Crippen molar-refractivity contribution < 1.29 is 14.3 Å². The molecule has 2 heterocycles. The number of aromatic nitrogens is 1. The normalized spacial score (nSPS) is 14.3. The molecule has 1 N–H and O–H groups in total. The van der Waals surface area contributed by atoms with Crippen molar-refractivity contribution in [2.24, 2.45) is 0 Å². The lowest BCUT2D eigenvalue weighted by atomic mass is 10.1. The van der Waals surface area contributed by atoms with Gasteiger partial charge in [-0.3, -0.25) is 9.59 Å². The minimum atomic E-state index is 0.120. The largest absolute Gasteiger partial charge is 0.497 e. The second kappa shape index (κ2) is 8.56. The molecule has 0 bridgehead atoms. The summed E-state index contributed by atoms with van der Waals surface area (Å²) < 4.78 is 5.14. The van der Waals surface area contributed by atoms with Gasteiger partial charge in [0.05, 0.1) is 13.5 Å². The molecule has 0 saturated carbocycles. The van der Waals surface area contributed by atoms with E-state index in [0.717, 1.165) is 23.3 Å². The average Bonchev–Trinajstić information content (AvgIpc) is 3.19. The molecule has 0 aliphatic carbocycles. The van der Waals surface area contributed by atoms with Crippen molar-refractivity contribution in [2.45, 2.75) is 19.3 Å². The number of aryl methyl sites for hydroxylation is 1. The average molecular weight is 355 g/mol. The standard InChI is InChI=1S/C20H25N3O3/c1-26-18-5-2-16(3-6-18)4-7-19(24)22-10-12-23(13-11-22)20(25)14-17-8-9-21-15-17/h2-3,5-6,8-9,15,21H,4,7,10-14H2,1H3. The molecule has 1 aliphatic rings. The van der Waals surface area contributed by atoms with Crippen molar-refractivity contribution in [1.82, 2.24) is 14.8 Å². The third kappa shape index (κ3) is 4.65. The Kier molecular flexibility index (Phi) is 5.94. The maximum absolute atomic E-state index is 12.4. The van der Waals surface area contributed by atoms with E-state index in [9.17, 15) is 9.59 Å². The second-order valence-electron chi connectivity index (χ2n) is 6.51. The van der Waals surface area contributed by atoms with Crippen LogP contribution in [0.1, 0.15) is 17.5 Å². The van der Waals surface area contributed by atoms with Gasteiger partial charge in [0.1, 0.15) is 5.75 Å². The van der Waals surface area contributed by atoms with Gasteiger partial charge in [-0.1, -0.05) is 12.1 Å². The molecule has 6 heteroatoms. The number of amides is 2. The second-order valence-corrected chi connectivity index (χ2v) is 6.51. The molecule has 1 aromatic carbocycles. The minimum Gasteiger partial charge on any atom is -0.497 e. The van der Waals surface area contributed by atoms with Crippen molar-refractivity contribution in [2.75, 3.05) is 33.3 Å². The summed E-state index contributed by atoms with van der Waals surface area (Å²) in [6.45, 7) is 2.44. The monoisotopic (exact) mass is 355 g/mol. The van der Waals surface area contributed by atoms with Gasteiger partial charge in [-0.15, -0.1) is 0 Å². The van der Waals surface area contributed by atoms with Gasteiger partial charge in [0, 0.05) is 45.0 Å². The number of methoxy groups -OCH3 is 1. The van der Waals surface area contributed by atoms with Crippen molar-refractivity contribution in [3.8, 4) is 5.75 Å². The smallest absolute Gasteiger partial charge is 0.227 e. The Morgan fingerprint density at radius 1 is 0.962 bits per heavy atom. The summed E-state index contributed by atoms with van der Waals surface area (Å²) in [6.07, 6.45) is 5.28. The van der Waals surface area contributed by atoms with Crippen LogP contribution in [0.3, 0.4) is 0 Å². The summed E-state index contributed by atoms with van der Waals surface area (Å²) in [5, 5.41) is 0. The number of ether oxygens (including phenoxy) is 1. The van der Waals surface area contributed by atoms with Gasteiger partial charge < -0.3 is 19.5 Å². The van der Waals surface area contributed by atoms with Crippen LogP contribution in [0, 0.1) is 0 Å². The highest BCUT2D eigenvalue weighted by atomic mass is 16.5. The molecule has 3 rings (SSSR count). The molecular formula is C20H25N3O3. The Morgan fingerprint density at radius 3 is 2.19 bits per heavy atom. The Labute approximate surface area is 153 Å². The van der Waals surface area contributed by atoms with Crippen molar-refractivity contribution in [3.05, 3.63) is 53.9 Å². The first-order chi connectivity index (χ1) is 12.7. The lowest BCUT2D eigenvalue weighted by molar-refractivity contribution is -0.139. The number of H-pyrrole nitrogens is 1. The molecule has 1 fully saturated rings. The first-order valence-corrected chi connectivity index (χ1v) is 8.96. The van der Waals surface area contributed by atoms with Crippen LogP contribution in [-0.2, 0) is 22.4 Å². The molecule has 2 amide bonds. The van der Waals surface area contributed by atoms with E-state index in [0.29, 0.717) is 39.0 Å². The molecule has 2 aromatic rings. The number of carbonyl (C=O) groups is 2. The predicted octanol–water partition coefficient (Wildman–Crippen LogP) is 1.87. The summed E-state index contributed by atoms with van der Waals surface area (Å²) in [4.78, 5) is 31.4. The van der Waals surface area contributed by atoms with E-state index in [1.165, 1.54) is 0 Å². The van der Waals surface area contributed by atoms with Crippen molar-refractivity contribution in [3.63, 3.8) is 0 Å². The lowest BCUT2D eigenvalue weighted by Crippen LogP contribution is -2.51. The highest BCUT2D eigenvalue weighted by molar-refractivity contribution is 5.80. The molecular weight excluding hydrogens is 330 g/mol. The fourth-order valence-electron chi connectivity index (χ4n) is 3.16. The van der Waals surface area contributed by atoms with E-state index in [1.807, 2.05) is 52.5 Å².